The Kier molecular flexibility index (Phi) is 7.13. The molecule has 3 amide bonds. The molecule has 3 N–H and O–H groups in total. The molecule has 4 aromatic rings. The smallest absolute Gasteiger partial charge is 0.274 e. The number of aromatic nitrogens is 3. The Morgan fingerprint density at radius 2 is 1.74 bits per heavy atom. The normalized spacial score (nSPS) is 14.9. The maximum absolute atomic E-state index is 13.4. The van der Waals surface area contributed by atoms with Gasteiger partial charge in [-0.15, -0.1) is 0 Å². The zero-order chi connectivity index (χ0) is 26.8. The predicted molar refractivity (Wildman–Crippen MR) is 144 cm³/mol. The molecule has 0 aliphatic carbocycles. The highest BCUT2D eigenvalue weighted by Crippen LogP contribution is 2.32. The van der Waals surface area contributed by atoms with Crippen molar-refractivity contribution in [3.8, 4) is 16.9 Å². The third-order valence-electron chi connectivity index (χ3n) is 6.29. The van der Waals surface area contributed by atoms with Gasteiger partial charge in [0.1, 0.15) is 5.82 Å². The highest BCUT2D eigenvalue weighted by molar-refractivity contribution is 6.38. The molecule has 1 aliphatic heterocycles. The average molecular weight is 549 g/mol. The second-order valence-corrected chi connectivity index (χ2v) is 9.60. The van der Waals surface area contributed by atoms with Crippen LogP contribution in [0.5, 0.6) is 0 Å². The number of amides is 3. The van der Waals surface area contributed by atoms with Crippen LogP contribution < -0.4 is 11.1 Å². The molecular weight excluding hydrogens is 527 g/mol. The second-order valence-electron chi connectivity index (χ2n) is 8.78. The van der Waals surface area contributed by atoms with E-state index >= 15 is 0 Å². The summed E-state index contributed by atoms with van der Waals surface area (Å²) < 4.78 is 1.47. The maximum atomic E-state index is 13.4. The first-order valence-corrected chi connectivity index (χ1v) is 12.5. The summed E-state index contributed by atoms with van der Waals surface area (Å²) in [4.78, 5) is 44.0. The lowest BCUT2D eigenvalue weighted by molar-refractivity contribution is -0.121. The molecule has 38 heavy (non-hydrogen) atoms. The standard InChI is InChI=1S/C27H22Cl2N6O3/c28-20-13-21(29)19(12-18(20)22-8-4-5-10-31-22)26(37)32-24-14-23(33-35(24)17-6-2-1-3-7-17)27(38)34-11-9-16(15-34)25(30)36/h1-8,10,12-14,16H,9,11,15H2,(H2,30,36)(H,32,37). The third kappa shape index (κ3) is 5.11. The number of hydrogen-bond acceptors (Lipinski definition) is 5. The van der Waals surface area contributed by atoms with Crippen molar-refractivity contribution in [3.63, 3.8) is 0 Å². The highest BCUT2D eigenvalue weighted by Gasteiger charge is 2.32. The van der Waals surface area contributed by atoms with Crippen LogP contribution >= 0.6 is 23.2 Å². The van der Waals surface area contributed by atoms with Gasteiger partial charge in [0, 0.05) is 30.9 Å². The van der Waals surface area contributed by atoms with E-state index in [1.807, 2.05) is 24.3 Å². The first-order valence-electron chi connectivity index (χ1n) is 11.8. The van der Waals surface area contributed by atoms with Gasteiger partial charge in [-0.25, -0.2) is 4.68 Å². The minimum absolute atomic E-state index is 0.116. The Bertz CT molecular complexity index is 1520. The van der Waals surface area contributed by atoms with Crippen LogP contribution in [0.25, 0.3) is 16.9 Å². The Hall–Kier alpha value is -4.21. The first-order chi connectivity index (χ1) is 18.3. The number of pyridine rings is 1. The molecule has 0 saturated carbocycles. The number of hydrogen-bond donors (Lipinski definition) is 2. The molecule has 3 heterocycles. The van der Waals surface area contributed by atoms with Crippen molar-refractivity contribution in [2.24, 2.45) is 11.7 Å². The van der Waals surface area contributed by atoms with Crippen molar-refractivity contribution in [3.05, 3.63) is 94.2 Å². The summed E-state index contributed by atoms with van der Waals surface area (Å²) in [6.07, 6.45) is 2.13. The molecule has 0 radical (unpaired) electrons. The van der Waals surface area contributed by atoms with Gasteiger partial charge in [-0.05, 0) is 42.8 Å². The van der Waals surface area contributed by atoms with Crippen LogP contribution in [0.4, 0.5) is 5.82 Å². The minimum atomic E-state index is -0.519. The van der Waals surface area contributed by atoms with Gasteiger partial charge in [-0.3, -0.25) is 19.4 Å². The Balaban J connectivity index is 1.48. The summed E-state index contributed by atoms with van der Waals surface area (Å²) >= 11 is 12.8. The molecule has 11 heteroatoms. The van der Waals surface area contributed by atoms with Gasteiger partial charge >= 0.3 is 0 Å². The van der Waals surface area contributed by atoms with Crippen LogP contribution in [-0.2, 0) is 4.79 Å². The molecular formula is C27H22Cl2N6O3. The summed E-state index contributed by atoms with van der Waals surface area (Å²) in [5.41, 5.74) is 7.48. The predicted octanol–water partition coefficient (Wildman–Crippen LogP) is 4.44. The van der Waals surface area contributed by atoms with Crippen molar-refractivity contribution in [1.29, 1.82) is 0 Å². The second kappa shape index (κ2) is 10.6. The number of nitrogens with zero attached hydrogens (tertiary/aromatic N) is 4. The zero-order valence-corrected chi connectivity index (χ0v) is 21.5. The number of benzene rings is 2. The summed E-state index contributed by atoms with van der Waals surface area (Å²) in [5, 5.41) is 7.81. The molecule has 1 aliphatic rings. The van der Waals surface area contributed by atoms with E-state index in [0.29, 0.717) is 34.9 Å². The molecule has 0 bridgehead atoms. The molecule has 0 spiro atoms. The van der Waals surface area contributed by atoms with E-state index in [4.69, 9.17) is 28.9 Å². The number of likely N-dealkylation sites (tertiary alicyclic amines) is 1. The molecule has 192 valence electrons. The quantitative estimate of drug-likeness (QED) is 0.368. The Morgan fingerprint density at radius 1 is 0.974 bits per heavy atom. The van der Waals surface area contributed by atoms with Crippen molar-refractivity contribution < 1.29 is 14.4 Å². The van der Waals surface area contributed by atoms with E-state index in [-0.39, 0.29) is 34.5 Å². The molecule has 1 unspecified atom stereocenters. The Labute approximate surface area is 228 Å². The number of halogens is 2. The minimum Gasteiger partial charge on any atom is -0.369 e. The van der Waals surface area contributed by atoms with Crippen LogP contribution in [0.3, 0.4) is 0 Å². The molecule has 1 atom stereocenters. The van der Waals surface area contributed by atoms with Crippen molar-refractivity contribution in [2.45, 2.75) is 6.42 Å². The zero-order valence-electron chi connectivity index (χ0n) is 20.0. The number of nitrogens with two attached hydrogens (primary N) is 1. The van der Waals surface area contributed by atoms with Gasteiger partial charge < -0.3 is 16.0 Å². The number of rotatable bonds is 6. The number of carbonyl (C=O) groups is 3. The number of carbonyl (C=O) groups excluding carboxylic acids is 3. The van der Waals surface area contributed by atoms with Crippen molar-refractivity contribution >= 4 is 46.7 Å². The van der Waals surface area contributed by atoms with Gasteiger partial charge in [0.15, 0.2) is 5.69 Å². The third-order valence-corrected chi connectivity index (χ3v) is 6.92. The SMILES string of the molecule is NC(=O)C1CCN(C(=O)c2cc(NC(=O)c3cc(-c4ccccn4)c(Cl)cc3Cl)n(-c3ccccc3)n2)C1. The van der Waals surface area contributed by atoms with Gasteiger partial charge in [0.25, 0.3) is 11.8 Å². The summed E-state index contributed by atoms with van der Waals surface area (Å²) in [6.45, 7) is 0.619. The fourth-order valence-electron chi connectivity index (χ4n) is 4.30. The van der Waals surface area contributed by atoms with Gasteiger partial charge in [-0.2, -0.15) is 5.10 Å². The summed E-state index contributed by atoms with van der Waals surface area (Å²) in [5.74, 6) is -1.45. The molecule has 2 aromatic heterocycles. The Morgan fingerprint density at radius 3 is 2.42 bits per heavy atom. The van der Waals surface area contributed by atoms with Crippen LogP contribution in [0, 0.1) is 5.92 Å². The van der Waals surface area contributed by atoms with E-state index in [9.17, 15) is 14.4 Å². The number of primary amides is 1. The topological polar surface area (TPSA) is 123 Å². The maximum Gasteiger partial charge on any atom is 0.274 e. The van der Waals surface area contributed by atoms with Crippen LogP contribution in [0.1, 0.15) is 27.3 Å². The van der Waals surface area contributed by atoms with Gasteiger partial charge in [-0.1, -0.05) is 47.5 Å². The van der Waals surface area contributed by atoms with Crippen molar-refractivity contribution in [1.82, 2.24) is 19.7 Å². The fraction of sp³-hybridized carbons (Fsp3) is 0.148. The van der Waals surface area contributed by atoms with Crippen LogP contribution in [0.15, 0.2) is 72.9 Å². The van der Waals surface area contributed by atoms with E-state index in [2.05, 4.69) is 15.4 Å². The lowest BCUT2D eigenvalue weighted by Gasteiger charge is -2.13. The van der Waals surface area contributed by atoms with Gasteiger partial charge in [0.2, 0.25) is 5.91 Å². The van der Waals surface area contributed by atoms with Gasteiger partial charge in [0.05, 0.1) is 32.9 Å². The monoisotopic (exact) mass is 548 g/mol. The summed E-state index contributed by atoms with van der Waals surface area (Å²) in [7, 11) is 0. The lowest BCUT2D eigenvalue weighted by atomic mass is 10.1. The van der Waals surface area contributed by atoms with E-state index < -0.39 is 17.7 Å². The van der Waals surface area contributed by atoms with Crippen LogP contribution in [0.2, 0.25) is 10.0 Å². The average Bonchev–Trinajstić information content (AvgIpc) is 3.58. The van der Waals surface area contributed by atoms with E-state index in [1.54, 1.807) is 36.5 Å². The number of nitrogens with one attached hydrogen (secondary N) is 1. The number of para-hydroxylation sites is 1. The largest absolute Gasteiger partial charge is 0.369 e. The van der Waals surface area contributed by atoms with E-state index in [1.165, 1.54) is 21.7 Å². The summed E-state index contributed by atoms with van der Waals surface area (Å²) in [6, 6.07) is 19.0. The fourth-order valence-corrected chi connectivity index (χ4v) is 4.87. The van der Waals surface area contributed by atoms with Crippen LogP contribution in [-0.4, -0.2) is 50.5 Å². The van der Waals surface area contributed by atoms with E-state index in [0.717, 1.165) is 0 Å². The number of anilines is 1. The lowest BCUT2D eigenvalue weighted by Crippen LogP contribution is -2.32. The molecule has 2 aromatic carbocycles. The molecule has 5 rings (SSSR count). The first kappa shape index (κ1) is 25.4. The highest BCUT2D eigenvalue weighted by atomic mass is 35.5. The molecule has 1 fully saturated rings. The molecule has 9 nitrogen and oxygen atoms in total. The van der Waals surface area contributed by atoms with Crippen molar-refractivity contribution in [2.75, 3.05) is 18.4 Å². The molecule has 1 saturated heterocycles.